The van der Waals surface area contributed by atoms with Crippen molar-refractivity contribution in [3.63, 3.8) is 0 Å². The topological polar surface area (TPSA) is 61.8 Å². The average molecular weight is 436 g/mol. The Balaban J connectivity index is 1.55. The molecule has 0 aliphatic carbocycles. The third-order valence-corrected chi connectivity index (χ3v) is 6.46. The Kier molecular flexibility index (Phi) is 8.73. The molecule has 1 aromatic carbocycles. The summed E-state index contributed by atoms with van der Waals surface area (Å²) in [7, 11) is 1.81. The van der Waals surface area contributed by atoms with Crippen LogP contribution in [0.4, 0.5) is 0 Å². The number of morpholine rings is 1. The van der Waals surface area contributed by atoms with Gasteiger partial charge in [0.1, 0.15) is 0 Å². The van der Waals surface area contributed by atoms with Crippen molar-refractivity contribution in [1.29, 1.82) is 0 Å². The quantitative estimate of drug-likeness (QED) is 0.492. The molecule has 2 heterocycles. The molecule has 3 rings (SSSR count). The van der Waals surface area contributed by atoms with Crippen molar-refractivity contribution in [3.8, 4) is 0 Å². The Bertz CT molecular complexity index is 774. The summed E-state index contributed by atoms with van der Waals surface area (Å²) in [5, 5.41) is 8.82. The molecule has 6 nitrogen and oxygen atoms in total. The van der Waals surface area contributed by atoms with Gasteiger partial charge in [0, 0.05) is 55.7 Å². The summed E-state index contributed by atoms with van der Waals surface area (Å²) in [6.07, 6.45) is 3.92. The first-order valence-corrected chi connectivity index (χ1v) is 11.3. The number of aryl methyl sites for hydroxylation is 1. The number of aromatic nitrogens is 1. The van der Waals surface area contributed by atoms with Crippen LogP contribution >= 0.6 is 22.9 Å². The number of nitrogens with one attached hydrogen (secondary N) is 2. The number of rotatable bonds is 8. The molecule has 2 N–H and O–H groups in total. The second kappa shape index (κ2) is 11.5. The van der Waals surface area contributed by atoms with Crippen LogP contribution in [0, 0.1) is 0 Å². The average Bonchev–Trinajstić information content (AvgIpc) is 3.22. The lowest BCUT2D eigenvalue weighted by atomic mass is 10.0. The van der Waals surface area contributed by atoms with Gasteiger partial charge in [0.05, 0.1) is 24.3 Å². The number of hydrogen-bond donors (Lipinski definition) is 2. The van der Waals surface area contributed by atoms with Crippen LogP contribution in [0.25, 0.3) is 0 Å². The Hall–Kier alpha value is -1.67. The molecular weight excluding hydrogens is 406 g/mol. The molecule has 8 heteroatoms. The second-order valence-corrected chi connectivity index (χ2v) is 8.56. The molecule has 0 bridgehead atoms. The Morgan fingerprint density at radius 1 is 1.28 bits per heavy atom. The van der Waals surface area contributed by atoms with E-state index < -0.39 is 0 Å². The van der Waals surface area contributed by atoms with Crippen LogP contribution < -0.4 is 10.6 Å². The smallest absolute Gasteiger partial charge is 0.191 e. The van der Waals surface area contributed by atoms with Gasteiger partial charge in [-0.1, -0.05) is 30.7 Å². The van der Waals surface area contributed by atoms with Gasteiger partial charge in [-0.05, 0) is 24.1 Å². The van der Waals surface area contributed by atoms with Crippen molar-refractivity contribution in [2.24, 2.45) is 4.99 Å². The van der Waals surface area contributed by atoms with Crippen LogP contribution in [0.5, 0.6) is 0 Å². The molecule has 0 amide bonds. The molecule has 1 unspecified atom stereocenters. The summed E-state index contributed by atoms with van der Waals surface area (Å²) in [5.41, 5.74) is 1.24. The van der Waals surface area contributed by atoms with Gasteiger partial charge in [-0.3, -0.25) is 9.89 Å². The summed E-state index contributed by atoms with van der Waals surface area (Å²) in [6, 6.07) is 8.36. The number of aliphatic imine (C=N–C) groups is 1. The van der Waals surface area contributed by atoms with Crippen LogP contribution in [-0.4, -0.2) is 62.3 Å². The lowest BCUT2D eigenvalue weighted by Crippen LogP contribution is -2.46. The van der Waals surface area contributed by atoms with E-state index in [1.54, 1.807) is 18.4 Å². The van der Waals surface area contributed by atoms with Crippen molar-refractivity contribution in [1.82, 2.24) is 20.5 Å². The van der Waals surface area contributed by atoms with Gasteiger partial charge in [-0.25, -0.2) is 4.98 Å². The minimum Gasteiger partial charge on any atom is -0.379 e. The van der Waals surface area contributed by atoms with Gasteiger partial charge in [0.15, 0.2) is 5.96 Å². The predicted molar refractivity (Wildman–Crippen MR) is 121 cm³/mol. The molecular formula is C21H30ClN5OS. The van der Waals surface area contributed by atoms with Crippen molar-refractivity contribution in [2.45, 2.75) is 25.8 Å². The summed E-state index contributed by atoms with van der Waals surface area (Å²) in [5.74, 6) is 0.810. The fourth-order valence-corrected chi connectivity index (χ4v) is 4.35. The van der Waals surface area contributed by atoms with Gasteiger partial charge in [-0.15, -0.1) is 11.3 Å². The summed E-state index contributed by atoms with van der Waals surface area (Å²) < 4.78 is 5.53. The molecule has 29 heavy (non-hydrogen) atoms. The van der Waals surface area contributed by atoms with Gasteiger partial charge in [0.25, 0.3) is 0 Å². The van der Waals surface area contributed by atoms with E-state index in [0.717, 1.165) is 68.2 Å². The summed E-state index contributed by atoms with van der Waals surface area (Å²) in [6.45, 7) is 7.11. The zero-order valence-corrected chi connectivity index (χ0v) is 18.7. The lowest BCUT2D eigenvalue weighted by molar-refractivity contribution is 0.0170. The van der Waals surface area contributed by atoms with Crippen molar-refractivity contribution >= 4 is 28.9 Å². The Labute approximate surface area is 182 Å². The van der Waals surface area contributed by atoms with Crippen molar-refractivity contribution in [3.05, 3.63) is 50.9 Å². The highest BCUT2D eigenvalue weighted by molar-refractivity contribution is 7.11. The highest BCUT2D eigenvalue weighted by atomic mass is 35.5. The molecule has 158 valence electrons. The van der Waals surface area contributed by atoms with E-state index in [0.29, 0.717) is 0 Å². The van der Waals surface area contributed by atoms with Crippen LogP contribution in [0.2, 0.25) is 5.02 Å². The van der Waals surface area contributed by atoms with E-state index in [9.17, 15) is 0 Å². The molecule has 1 fully saturated rings. The van der Waals surface area contributed by atoms with E-state index in [4.69, 9.17) is 16.3 Å². The highest BCUT2D eigenvalue weighted by Gasteiger charge is 2.23. The minimum atomic E-state index is 0.237. The summed E-state index contributed by atoms with van der Waals surface area (Å²) in [4.78, 5) is 12.6. The first-order valence-electron chi connectivity index (χ1n) is 10.1. The molecule has 1 aromatic heterocycles. The molecule has 1 atom stereocenters. The lowest BCUT2D eigenvalue weighted by Gasteiger charge is -2.35. The van der Waals surface area contributed by atoms with Crippen LogP contribution in [0.15, 0.2) is 35.5 Å². The monoisotopic (exact) mass is 435 g/mol. The molecule has 1 aliphatic rings. The van der Waals surface area contributed by atoms with Crippen LogP contribution in [0.3, 0.4) is 0 Å². The maximum absolute atomic E-state index is 6.09. The number of benzene rings is 1. The zero-order valence-electron chi connectivity index (χ0n) is 17.2. The van der Waals surface area contributed by atoms with Gasteiger partial charge < -0.3 is 15.4 Å². The molecule has 1 aliphatic heterocycles. The van der Waals surface area contributed by atoms with E-state index in [1.807, 2.05) is 18.3 Å². The Morgan fingerprint density at radius 2 is 2.03 bits per heavy atom. The number of halogens is 1. The maximum atomic E-state index is 6.09. The molecule has 0 radical (unpaired) electrons. The number of guanidine groups is 1. The van der Waals surface area contributed by atoms with E-state index in [2.05, 4.69) is 44.6 Å². The molecule has 0 spiro atoms. The number of thiazole rings is 1. The fraction of sp³-hybridized carbons (Fsp3) is 0.524. The van der Waals surface area contributed by atoms with Crippen molar-refractivity contribution < 1.29 is 4.74 Å². The number of ether oxygens (including phenoxy) is 1. The number of hydrogen-bond acceptors (Lipinski definition) is 5. The van der Waals surface area contributed by atoms with Crippen LogP contribution in [0.1, 0.15) is 28.4 Å². The Morgan fingerprint density at radius 3 is 2.69 bits per heavy atom. The standard InChI is InChI=1S/C21H30ClN5OS/c1-3-18-14-25-20(29-18)8-9-24-21(23-2)26-15-19(27-10-12-28-13-11-27)16-4-6-17(22)7-5-16/h4-7,14,19H,3,8-13,15H2,1-2H3,(H2,23,24,26). The van der Waals surface area contributed by atoms with Crippen molar-refractivity contribution in [2.75, 3.05) is 46.4 Å². The highest BCUT2D eigenvalue weighted by Crippen LogP contribution is 2.23. The first kappa shape index (κ1) is 22.0. The van der Waals surface area contributed by atoms with Gasteiger partial charge in [0.2, 0.25) is 0 Å². The predicted octanol–water partition coefficient (Wildman–Crippen LogP) is 3.14. The first-order chi connectivity index (χ1) is 14.2. The zero-order chi connectivity index (χ0) is 20.5. The van der Waals surface area contributed by atoms with E-state index in [1.165, 1.54) is 10.4 Å². The van der Waals surface area contributed by atoms with E-state index in [-0.39, 0.29) is 6.04 Å². The number of nitrogens with zero attached hydrogens (tertiary/aromatic N) is 3. The second-order valence-electron chi connectivity index (χ2n) is 6.92. The summed E-state index contributed by atoms with van der Waals surface area (Å²) >= 11 is 7.87. The third kappa shape index (κ3) is 6.67. The third-order valence-electron chi connectivity index (χ3n) is 5.01. The fourth-order valence-electron chi connectivity index (χ4n) is 3.36. The van der Waals surface area contributed by atoms with Gasteiger partial charge >= 0.3 is 0 Å². The van der Waals surface area contributed by atoms with E-state index >= 15 is 0 Å². The molecule has 2 aromatic rings. The maximum Gasteiger partial charge on any atom is 0.191 e. The minimum absolute atomic E-state index is 0.237. The SMILES string of the molecule is CCc1cnc(CCNC(=NC)NCC(c2ccc(Cl)cc2)N2CCOCC2)s1. The van der Waals surface area contributed by atoms with Gasteiger partial charge in [-0.2, -0.15) is 0 Å². The largest absolute Gasteiger partial charge is 0.379 e. The normalized spacial score (nSPS) is 16.6. The van der Waals surface area contributed by atoms with Crippen LogP contribution in [-0.2, 0) is 17.6 Å². The molecule has 1 saturated heterocycles. The molecule has 0 saturated carbocycles.